The lowest BCUT2D eigenvalue weighted by atomic mass is 9.79. The number of nitrogens with zero attached hydrogens (tertiary/aromatic N) is 2. The number of hydrogen-bond donors (Lipinski definition) is 2. The molecule has 2 aliphatic heterocycles. The first-order chi connectivity index (χ1) is 12.0. The normalized spacial score (nSPS) is 19.5. The molecule has 0 bridgehead atoms. The van der Waals surface area contributed by atoms with Crippen LogP contribution >= 0.6 is 11.6 Å². The number of fused-ring (bicyclic) bond motifs is 1. The van der Waals surface area contributed by atoms with Crippen LogP contribution in [0, 0.1) is 5.41 Å². The van der Waals surface area contributed by atoms with Crippen molar-refractivity contribution in [3.63, 3.8) is 0 Å². The Balaban J connectivity index is 1.53. The molecular formula is C19H23ClN4O. The summed E-state index contributed by atoms with van der Waals surface area (Å²) in [6.07, 6.45) is 2.63. The number of rotatable bonds is 2. The summed E-state index contributed by atoms with van der Waals surface area (Å²) in [6.45, 7) is 5.33. The molecule has 25 heavy (non-hydrogen) atoms. The second kappa shape index (κ2) is 6.46. The Hall–Kier alpha value is -1.85. The van der Waals surface area contributed by atoms with Gasteiger partial charge in [-0.2, -0.15) is 0 Å². The minimum atomic E-state index is -0.234. The second-order valence-corrected chi connectivity index (χ2v) is 7.74. The summed E-state index contributed by atoms with van der Waals surface area (Å²) < 4.78 is 0. The number of imidazole rings is 1. The van der Waals surface area contributed by atoms with Gasteiger partial charge in [0.05, 0.1) is 17.9 Å². The summed E-state index contributed by atoms with van der Waals surface area (Å²) >= 11 is 5.96. The molecule has 3 heterocycles. The number of piperidine rings is 1. The smallest absolute Gasteiger partial charge is 0.228 e. The van der Waals surface area contributed by atoms with Gasteiger partial charge in [-0.05, 0) is 50.2 Å². The zero-order chi connectivity index (χ0) is 17.4. The van der Waals surface area contributed by atoms with Crippen molar-refractivity contribution in [3.8, 4) is 11.4 Å². The van der Waals surface area contributed by atoms with E-state index in [2.05, 4.69) is 17.2 Å². The molecule has 0 radical (unpaired) electrons. The van der Waals surface area contributed by atoms with Gasteiger partial charge in [0.25, 0.3) is 0 Å². The van der Waals surface area contributed by atoms with Gasteiger partial charge in [0.15, 0.2) is 0 Å². The van der Waals surface area contributed by atoms with E-state index in [1.165, 1.54) is 0 Å². The number of amides is 1. The van der Waals surface area contributed by atoms with Crippen molar-refractivity contribution in [2.24, 2.45) is 5.41 Å². The lowest BCUT2D eigenvalue weighted by Crippen LogP contribution is -2.49. The second-order valence-electron chi connectivity index (χ2n) is 7.30. The number of halogens is 1. The minimum absolute atomic E-state index is 0.234. The monoisotopic (exact) mass is 358 g/mol. The molecule has 0 aliphatic carbocycles. The molecule has 0 atom stereocenters. The van der Waals surface area contributed by atoms with Crippen LogP contribution in [-0.2, 0) is 17.8 Å². The van der Waals surface area contributed by atoms with Gasteiger partial charge >= 0.3 is 0 Å². The molecule has 1 amide bonds. The van der Waals surface area contributed by atoms with E-state index in [4.69, 9.17) is 16.6 Å². The number of aromatic nitrogens is 2. The molecule has 1 fully saturated rings. The zero-order valence-corrected chi connectivity index (χ0v) is 15.2. The van der Waals surface area contributed by atoms with Crippen molar-refractivity contribution in [2.45, 2.75) is 32.7 Å². The van der Waals surface area contributed by atoms with Gasteiger partial charge in [0, 0.05) is 29.0 Å². The van der Waals surface area contributed by atoms with Crippen molar-refractivity contribution >= 4 is 17.5 Å². The van der Waals surface area contributed by atoms with Crippen LogP contribution in [0.4, 0.5) is 0 Å². The molecule has 0 spiro atoms. The molecule has 0 saturated carbocycles. The Bertz CT molecular complexity index is 777. The van der Waals surface area contributed by atoms with E-state index in [-0.39, 0.29) is 11.3 Å². The van der Waals surface area contributed by atoms with Gasteiger partial charge in [-0.1, -0.05) is 18.5 Å². The molecule has 2 N–H and O–H groups in total. The number of H-pyrrole nitrogens is 1. The van der Waals surface area contributed by atoms with Gasteiger partial charge in [0.1, 0.15) is 5.82 Å². The predicted octanol–water partition coefficient (Wildman–Crippen LogP) is 3.00. The van der Waals surface area contributed by atoms with E-state index >= 15 is 0 Å². The van der Waals surface area contributed by atoms with Crippen molar-refractivity contribution in [1.82, 2.24) is 20.2 Å². The summed E-state index contributed by atoms with van der Waals surface area (Å²) in [6, 6.07) is 7.66. The van der Waals surface area contributed by atoms with E-state index in [1.807, 2.05) is 29.2 Å². The molecule has 1 saturated heterocycles. The highest BCUT2D eigenvalue weighted by atomic mass is 35.5. The summed E-state index contributed by atoms with van der Waals surface area (Å²) in [5, 5.41) is 4.06. The fraction of sp³-hybridized carbons (Fsp3) is 0.474. The highest BCUT2D eigenvalue weighted by Gasteiger charge is 2.39. The Morgan fingerprint density at radius 1 is 1.24 bits per heavy atom. The summed E-state index contributed by atoms with van der Waals surface area (Å²) in [5.74, 6) is 1.13. The molecule has 132 valence electrons. The number of carbonyl (C=O) groups is 1. The maximum absolute atomic E-state index is 13.0. The molecule has 1 aromatic heterocycles. The van der Waals surface area contributed by atoms with Crippen LogP contribution in [0.3, 0.4) is 0 Å². The lowest BCUT2D eigenvalue weighted by Gasteiger charge is -2.38. The lowest BCUT2D eigenvalue weighted by molar-refractivity contribution is -0.143. The average Bonchev–Trinajstić information content (AvgIpc) is 3.05. The highest BCUT2D eigenvalue weighted by Crippen LogP contribution is 2.32. The molecular weight excluding hydrogens is 336 g/mol. The molecule has 2 aliphatic rings. The van der Waals surface area contributed by atoms with Gasteiger partial charge in [-0.15, -0.1) is 0 Å². The quantitative estimate of drug-likeness (QED) is 0.867. The Kier molecular flexibility index (Phi) is 4.29. The fourth-order valence-electron chi connectivity index (χ4n) is 3.79. The van der Waals surface area contributed by atoms with Crippen LogP contribution in [0.25, 0.3) is 11.4 Å². The van der Waals surface area contributed by atoms with E-state index in [0.717, 1.165) is 61.7 Å². The zero-order valence-electron chi connectivity index (χ0n) is 14.4. The first-order valence-electron chi connectivity index (χ1n) is 8.89. The van der Waals surface area contributed by atoms with Crippen LogP contribution < -0.4 is 5.32 Å². The number of aromatic amines is 1. The summed E-state index contributed by atoms with van der Waals surface area (Å²) in [7, 11) is 0. The van der Waals surface area contributed by atoms with E-state index in [0.29, 0.717) is 11.6 Å². The van der Waals surface area contributed by atoms with Crippen LogP contribution in [0.5, 0.6) is 0 Å². The highest BCUT2D eigenvalue weighted by molar-refractivity contribution is 6.30. The predicted molar refractivity (Wildman–Crippen MR) is 98.4 cm³/mol. The average molecular weight is 359 g/mol. The van der Waals surface area contributed by atoms with Gasteiger partial charge in [0.2, 0.25) is 5.91 Å². The Morgan fingerprint density at radius 3 is 2.68 bits per heavy atom. The van der Waals surface area contributed by atoms with Gasteiger partial charge < -0.3 is 15.2 Å². The topological polar surface area (TPSA) is 61.0 Å². The van der Waals surface area contributed by atoms with Crippen molar-refractivity contribution < 1.29 is 4.79 Å². The standard InChI is InChI=1S/C19H23ClN4O/c1-19(7-9-21-10-8-19)18(25)24-11-6-15-16(12-24)23-17(22-15)13-2-4-14(20)5-3-13/h2-5,21H,6-12H2,1H3,(H,22,23). The fourth-order valence-corrected chi connectivity index (χ4v) is 3.91. The first kappa shape index (κ1) is 16.6. The third kappa shape index (κ3) is 3.18. The van der Waals surface area contributed by atoms with E-state index in [9.17, 15) is 4.79 Å². The van der Waals surface area contributed by atoms with Crippen LogP contribution in [-0.4, -0.2) is 40.4 Å². The number of nitrogens with one attached hydrogen (secondary N) is 2. The molecule has 2 aromatic rings. The van der Waals surface area contributed by atoms with Crippen molar-refractivity contribution in [2.75, 3.05) is 19.6 Å². The number of benzene rings is 1. The first-order valence-corrected chi connectivity index (χ1v) is 9.27. The third-order valence-electron chi connectivity index (χ3n) is 5.46. The van der Waals surface area contributed by atoms with E-state index < -0.39 is 0 Å². The Labute approximate surface area is 152 Å². The molecule has 5 nitrogen and oxygen atoms in total. The van der Waals surface area contributed by atoms with Crippen LogP contribution in [0.2, 0.25) is 5.02 Å². The van der Waals surface area contributed by atoms with Crippen LogP contribution in [0.15, 0.2) is 24.3 Å². The SMILES string of the molecule is CC1(C(=O)N2CCc3nc(-c4ccc(Cl)cc4)[nH]c3C2)CCNCC1. The number of carbonyl (C=O) groups excluding carboxylic acids is 1. The summed E-state index contributed by atoms with van der Waals surface area (Å²) in [5.41, 5.74) is 2.91. The molecule has 4 rings (SSSR count). The molecule has 1 aromatic carbocycles. The third-order valence-corrected chi connectivity index (χ3v) is 5.71. The summed E-state index contributed by atoms with van der Waals surface area (Å²) in [4.78, 5) is 23.2. The maximum atomic E-state index is 13.0. The molecule has 6 heteroatoms. The van der Waals surface area contributed by atoms with Crippen molar-refractivity contribution in [1.29, 1.82) is 0 Å². The van der Waals surface area contributed by atoms with E-state index in [1.54, 1.807) is 0 Å². The maximum Gasteiger partial charge on any atom is 0.228 e. The number of hydrogen-bond acceptors (Lipinski definition) is 3. The largest absolute Gasteiger partial charge is 0.340 e. The van der Waals surface area contributed by atoms with Gasteiger partial charge in [-0.25, -0.2) is 4.98 Å². The molecule has 0 unspecified atom stereocenters. The van der Waals surface area contributed by atoms with Crippen molar-refractivity contribution in [3.05, 3.63) is 40.7 Å². The van der Waals surface area contributed by atoms with Gasteiger partial charge in [-0.3, -0.25) is 4.79 Å². The minimum Gasteiger partial charge on any atom is -0.340 e. The van der Waals surface area contributed by atoms with Crippen LogP contribution in [0.1, 0.15) is 31.2 Å². The Morgan fingerprint density at radius 2 is 1.96 bits per heavy atom.